The van der Waals surface area contributed by atoms with Gasteiger partial charge in [-0.15, -0.1) is 0 Å². The third-order valence-corrected chi connectivity index (χ3v) is 3.87. The lowest BCUT2D eigenvalue weighted by Crippen LogP contribution is -2.38. The number of aryl methyl sites for hydroxylation is 1. The van der Waals surface area contributed by atoms with Gasteiger partial charge in [0.2, 0.25) is 0 Å². The van der Waals surface area contributed by atoms with Crippen LogP contribution in [0.1, 0.15) is 45.6 Å². The molecule has 1 atom stereocenters. The van der Waals surface area contributed by atoms with Crippen molar-refractivity contribution in [1.82, 2.24) is 14.8 Å². The molecule has 1 aliphatic heterocycles. The first-order valence-corrected chi connectivity index (χ1v) is 8.16. The van der Waals surface area contributed by atoms with Crippen molar-refractivity contribution < 1.29 is 9.53 Å². The molecule has 1 aromatic rings. The minimum atomic E-state index is -0.422. The summed E-state index contributed by atoms with van der Waals surface area (Å²) < 4.78 is 7.53. The van der Waals surface area contributed by atoms with Crippen molar-refractivity contribution in [1.29, 1.82) is 0 Å². The van der Waals surface area contributed by atoms with Gasteiger partial charge in [0.15, 0.2) is 0 Å². The molecule has 124 valence electrons. The summed E-state index contributed by atoms with van der Waals surface area (Å²) in [5.74, 6) is 0. The van der Waals surface area contributed by atoms with Crippen LogP contribution in [0.4, 0.5) is 4.79 Å². The minimum absolute atomic E-state index is 0.184. The zero-order chi connectivity index (χ0) is 16.2. The van der Waals surface area contributed by atoms with Crippen LogP contribution < -0.4 is 5.32 Å². The molecule has 0 unspecified atom stereocenters. The van der Waals surface area contributed by atoms with Crippen LogP contribution in [0.25, 0.3) is 0 Å². The van der Waals surface area contributed by atoms with Crippen molar-refractivity contribution in [3.8, 4) is 0 Å². The molecule has 22 heavy (non-hydrogen) atoms. The number of carbonyl (C=O) groups is 1. The molecular formula is C17H29N3O2. The smallest absolute Gasteiger partial charge is 0.410 e. The summed E-state index contributed by atoms with van der Waals surface area (Å²) in [7, 11) is 2.04. The molecule has 2 heterocycles. The summed E-state index contributed by atoms with van der Waals surface area (Å²) in [5, 5.41) is 3.61. The molecule has 0 bridgehead atoms. The Bertz CT molecular complexity index is 490. The number of nitrogens with zero attached hydrogens (tertiary/aromatic N) is 2. The van der Waals surface area contributed by atoms with Gasteiger partial charge in [0.25, 0.3) is 0 Å². The molecule has 0 radical (unpaired) electrons. The Morgan fingerprint density at radius 2 is 2.14 bits per heavy atom. The molecule has 1 aromatic heterocycles. The van der Waals surface area contributed by atoms with Gasteiger partial charge >= 0.3 is 6.09 Å². The van der Waals surface area contributed by atoms with Crippen LogP contribution in [0.3, 0.4) is 0 Å². The van der Waals surface area contributed by atoms with Gasteiger partial charge in [-0.1, -0.05) is 0 Å². The molecule has 5 heteroatoms. The van der Waals surface area contributed by atoms with E-state index in [0.717, 1.165) is 38.9 Å². The number of carbonyl (C=O) groups excluding carboxylic acids is 1. The summed E-state index contributed by atoms with van der Waals surface area (Å²) in [6.45, 7) is 8.17. The molecule has 1 amide bonds. The van der Waals surface area contributed by atoms with Crippen molar-refractivity contribution >= 4 is 6.09 Å². The maximum absolute atomic E-state index is 12.1. The third-order valence-electron chi connectivity index (χ3n) is 3.87. The molecule has 0 aliphatic carbocycles. The summed E-state index contributed by atoms with van der Waals surface area (Å²) >= 11 is 0. The maximum Gasteiger partial charge on any atom is 0.410 e. The van der Waals surface area contributed by atoms with Gasteiger partial charge in [-0.25, -0.2) is 4.79 Å². The number of ether oxygens (including phenoxy) is 1. The SMILES string of the molecule is Cn1ccc(CN[C@@H]2CCCN(C(=O)OC(C)(C)C)CC2)c1. The first kappa shape index (κ1) is 16.9. The van der Waals surface area contributed by atoms with Crippen molar-refractivity contribution in [3.63, 3.8) is 0 Å². The second-order valence-corrected chi connectivity index (χ2v) is 7.16. The fraction of sp³-hybridized carbons (Fsp3) is 0.706. The van der Waals surface area contributed by atoms with Gasteiger partial charge in [-0.3, -0.25) is 0 Å². The second-order valence-electron chi connectivity index (χ2n) is 7.16. The second kappa shape index (κ2) is 7.18. The third kappa shape index (κ3) is 5.37. The number of hydrogen-bond acceptors (Lipinski definition) is 3. The predicted octanol–water partition coefficient (Wildman–Crippen LogP) is 2.90. The maximum atomic E-state index is 12.1. The van der Waals surface area contributed by atoms with Gasteiger partial charge in [0, 0.05) is 45.1 Å². The van der Waals surface area contributed by atoms with Crippen LogP contribution in [-0.2, 0) is 18.3 Å². The Labute approximate surface area is 133 Å². The highest BCUT2D eigenvalue weighted by Crippen LogP contribution is 2.16. The number of hydrogen-bond donors (Lipinski definition) is 1. The Kier molecular flexibility index (Phi) is 5.51. The lowest BCUT2D eigenvalue weighted by atomic mass is 10.1. The van der Waals surface area contributed by atoms with Gasteiger partial charge in [-0.2, -0.15) is 0 Å². The molecule has 0 aromatic carbocycles. The van der Waals surface area contributed by atoms with Crippen LogP contribution in [0.5, 0.6) is 0 Å². The van der Waals surface area contributed by atoms with E-state index < -0.39 is 5.60 Å². The van der Waals surface area contributed by atoms with Crippen LogP contribution >= 0.6 is 0 Å². The molecule has 1 N–H and O–H groups in total. The van der Waals surface area contributed by atoms with Gasteiger partial charge in [-0.05, 0) is 51.7 Å². The summed E-state index contributed by atoms with van der Waals surface area (Å²) in [4.78, 5) is 14.0. The topological polar surface area (TPSA) is 46.5 Å². The predicted molar refractivity (Wildman–Crippen MR) is 87.7 cm³/mol. The van der Waals surface area contributed by atoms with Crippen molar-refractivity contribution in [2.45, 2.75) is 58.2 Å². The Morgan fingerprint density at radius 1 is 1.36 bits per heavy atom. The van der Waals surface area contributed by atoms with Crippen molar-refractivity contribution in [3.05, 3.63) is 24.0 Å². The van der Waals surface area contributed by atoms with Gasteiger partial charge in [0.1, 0.15) is 5.60 Å². The number of aromatic nitrogens is 1. The van der Waals surface area contributed by atoms with Crippen LogP contribution in [0.2, 0.25) is 0 Å². The highest BCUT2D eigenvalue weighted by atomic mass is 16.6. The average Bonchev–Trinajstić information content (AvgIpc) is 2.69. The fourth-order valence-electron chi connectivity index (χ4n) is 2.74. The fourth-order valence-corrected chi connectivity index (χ4v) is 2.74. The van der Waals surface area contributed by atoms with Gasteiger partial charge < -0.3 is 19.5 Å². The lowest BCUT2D eigenvalue weighted by molar-refractivity contribution is 0.0256. The monoisotopic (exact) mass is 307 g/mol. The van der Waals surface area contributed by atoms with E-state index in [0.29, 0.717) is 6.04 Å². The first-order valence-electron chi connectivity index (χ1n) is 8.16. The van der Waals surface area contributed by atoms with Crippen molar-refractivity contribution in [2.75, 3.05) is 13.1 Å². The molecule has 5 nitrogen and oxygen atoms in total. The largest absolute Gasteiger partial charge is 0.444 e. The van der Waals surface area contributed by atoms with Crippen LogP contribution in [0, 0.1) is 0 Å². The van der Waals surface area contributed by atoms with Crippen LogP contribution in [0.15, 0.2) is 18.5 Å². The van der Waals surface area contributed by atoms with E-state index in [-0.39, 0.29) is 6.09 Å². The molecular weight excluding hydrogens is 278 g/mol. The normalized spacial score (nSPS) is 19.8. The Balaban J connectivity index is 1.78. The highest BCUT2D eigenvalue weighted by Gasteiger charge is 2.24. The first-order chi connectivity index (χ1) is 10.3. The highest BCUT2D eigenvalue weighted by molar-refractivity contribution is 5.68. The molecule has 1 fully saturated rings. The number of nitrogens with one attached hydrogen (secondary N) is 1. The zero-order valence-corrected chi connectivity index (χ0v) is 14.3. The number of rotatable bonds is 3. The lowest BCUT2D eigenvalue weighted by Gasteiger charge is -2.26. The Hall–Kier alpha value is -1.49. The average molecular weight is 307 g/mol. The summed E-state index contributed by atoms with van der Waals surface area (Å²) in [6, 6.07) is 2.60. The standard InChI is InChI=1S/C17H29N3O2/c1-17(2,3)22-16(21)20-9-5-6-15(8-11-20)18-12-14-7-10-19(4)13-14/h7,10,13,15,18H,5-6,8-9,11-12H2,1-4H3/t15-/m1/s1. The van der Waals surface area contributed by atoms with Crippen LogP contribution in [-0.4, -0.2) is 40.3 Å². The number of likely N-dealkylation sites (tertiary alicyclic amines) is 1. The van der Waals surface area contributed by atoms with E-state index in [1.165, 1.54) is 5.56 Å². The molecule has 0 spiro atoms. The van der Waals surface area contributed by atoms with E-state index in [4.69, 9.17) is 4.74 Å². The minimum Gasteiger partial charge on any atom is -0.444 e. The Morgan fingerprint density at radius 3 is 2.77 bits per heavy atom. The molecule has 1 aliphatic rings. The summed E-state index contributed by atoms with van der Waals surface area (Å²) in [6.07, 6.45) is 7.12. The molecule has 0 saturated carbocycles. The van der Waals surface area contributed by atoms with E-state index in [2.05, 4.69) is 28.3 Å². The van der Waals surface area contributed by atoms with E-state index in [1.54, 1.807) is 0 Å². The molecule has 2 rings (SSSR count). The van der Waals surface area contributed by atoms with E-state index in [1.807, 2.05) is 32.7 Å². The van der Waals surface area contributed by atoms with E-state index in [9.17, 15) is 4.79 Å². The zero-order valence-electron chi connectivity index (χ0n) is 14.3. The van der Waals surface area contributed by atoms with E-state index >= 15 is 0 Å². The van der Waals surface area contributed by atoms with Gasteiger partial charge in [0.05, 0.1) is 0 Å². The summed E-state index contributed by atoms with van der Waals surface area (Å²) in [5.41, 5.74) is 0.879. The molecule has 1 saturated heterocycles. The number of amides is 1. The quantitative estimate of drug-likeness (QED) is 0.934. The van der Waals surface area contributed by atoms with Crippen molar-refractivity contribution in [2.24, 2.45) is 7.05 Å².